The van der Waals surface area contributed by atoms with Gasteiger partial charge in [-0.2, -0.15) is 5.10 Å². The number of pyridine rings is 1. The van der Waals surface area contributed by atoms with Crippen LogP contribution in [-0.2, 0) is 6.54 Å². The molecule has 36 heavy (non-hydrogen) atoms. The first-order valence-electron chi connectivity index (χ1n) is 11.4. The van der Waals surface area contributed by atoms with Crippen LogP contribution in [-0.4, -0.2) is 30.3 Å². The molecule has 0 fully saturated rings. The number of rotatable bonds is 5. The number of benzene rings is 3. The van der Waals surface area contributed by atoms with Crippen molar-refractivity contribution in [3.8, 4) is 11.3 Å². The number of nitrogens with zero attached hydrogens (tertiary/aromatic N) is 5. The minimum Gasteiger partial charge on any atom is -0.267 e. The fourth-order valence-electron chi connectivity index (χ4n) is 4.18. The predicted octanol–water partition coefficient (Wildman–Crippen LogP) is 4.24. The maximum atomic E-state index is 13.5. The average Bonchev–Trinajstić information content (AvgIpc) is 3.33. The Morgan fingerprint density at radius 2 is 1.58 bits per heavy atom. The van der Waals surface area contributed by atoms with Gasteiger partial charge in [0.15, 0.2) is 5.65 Å². The summed E-state index contributed by atoms with van der Waals surface area (Å²) in [6.45, 7) is 0.505. The highest BCUT2D eigenvalue weighted by Gasteiger charge is 2.19. The van der Waals surface area contributed by atoms with E-state index in [1.54, 1.807) is 35.1 Å². The standard InChI is InChI=1S/C28H20N6O2/c35-27(32-34-18-29-24-14-8-7-13-21(24)28(34)36)22-15-25(20-11-5-2-6-12-20)31-26-23(22)16-30-33(26)17-19-9-3-1-4-10-19/h1-16,18H,17H2,(H,32,35). The van der Waals surface area contributed by atoms with Crippen molar-refractivity contribution in [1.82, 2.24) is 24.4 Å². The van der Waals surface area contributed by atoms with E-state index < -0.39 is 5.91 Å². The minimum atomic E-state index is -0.460. The molecule has 6 aromatic rings. The summed E-state index contributed by atoms with van der Waals surface area (Å²) in [5.74, 6) is -0.460. The predicted molar refractivity (Wildman–Crippen MR) is 138 cm³/mol. The second-order valence-electron chi connectivity index (χ2n) is 8.32. The molecule has 0 aliphatic rings. The normalized spacial score (nSPS) is 11.1. The zero-order valence-electron chi connectivity index (χ0n) is 19.1. The first kappa shape index (κ1) is 21.4. The first-order chi connectivity index (χ1) is 17.7. The van der Waals surface area contributed by atoms with Crippen molar-refractivity contribution < 1.29 is 4.79 Å². The lowest BCUT2D eigenvalue weighted by atomic mass is 10.1. The fourth-order valence-corrected chi connectivity index (χ4v) is 4.18. The van der Waals surface area contributed by atoms with Gasteiger partial charge in [0.05, 0.1) is 40.3 Å². The van der Waals surface area contributed by atoms with Gasteiger partial charge < -0.3 is 0 Å². The molecule has 0 bridgehead atoms. The van der Waals surface area contributed by atoms with Crippen molar-refractivity contribution in [2.75, 3.05) is 5.43 Å². The average molecular weight is 473 g/mol. The van der Waals surface area contributed by atoms with E-state index in [1.807, 2.05) is 66.7 Å². The lowest BCUT2D eigenvalue weighted by Crippen LogP contribution is -2.33. The molecule has 0 saturated carbocycles. The summed E-state index contributed by atoms with van der Waals surface area (Å²) < 4.78 is 2.88. The molecule has 0 aliphatic carbocycles. The summed E-state index contributed by atoms with van der Waals surface area (Å²) in [6.07, 6.45) is 2.95. The Morgan fingerprint density at radius 3 is 2.39 bits per heavy atom. The second kappa shape index (κ2) is 8.92. The van der Waals surface area contributed by atoms with Crippen molar-refractivity contribution in [3.63, 3.8) is 0 Å². The number of aromatic nitrogens is 5. The number of para-hydroxylation sites is 1. The SMILES string of the molecule is O=C(Nn1cnc2ccccc2c1=O)c1cc(-c2ccccc2)nc2c1cnn2Cc1ccccc1. The van der Waals surface area contributed by atoms with Crippen LogP contribution in [0.3, 0.4) is 0 Å². The van der Waals surface area contributed by atoms with Gasteiger partial charge >= 0.3 is 0 Å². The molecular formula is C28H20N6O2. The summed E-state index contributed by atoms with van der Waals surface area (Å²) in [6, 6.07) is 28.3. The Hall–Kier alpha value is -5.11. The van der Waals surface area contributed by atoms with Gasteiger partial charge in [0, 0.05) is 5.56 Å². The molecule has 6 rings (SSSR count). The van der Waals surface area contributed by atoms with Crippen LogP contribution in [0.25, 0.3) is 33.2 Å². The Bertz CT molecular complexity index is 1780. The molecule has 8 nitrogen and oxygen atoms in total. The number of hydrogen-bond donors (Lipinski definition) is 1. The first-order valence-corrected chi connectivity index (χ1v) is 11.4. The van der Waals surface area contributed by atoms with Gasteiger partial charge in [-0.05, 0) is 23.8 Å². The molecule has 3 aromatic carbocycles. The van der Waals surface area contributed by atoms with E-state index in [4.69, 9.17) is 4.98 Å². The van der Waals surface area contributed by atoms with Crippen molar-refractivity contribution >= 4 is 27.8 Å². The molecule has 0 aliphatic heterocycles. The smallest absolute Gasteiger partial charge is 0.267 e. The van der Waals surface area contributed by atoms with E-state index in [1.165, 1.54) is 6.33 Å². The molecule has 0 spiro atoms. The summed E-state index contributed by atoms with van der Waals surface area (Å²) in [5, 5.41) is 5.53. The maximum Gasteiger partial charge on any atom is 0.280 e. The maximum absolute atomic E-state index is 13.5. The number of nitrogens with one attached hydrogen (secondary N) is 1. The van der Waals surface area contributed by atoms with Crippen LogP contribution in [0.2, 0.25) is 0 Å². The van der Waals surface area contributed by atoms with Gasteiger partial charge in [0.25, 0.3) is 11.5 Å². The van der Waals surface area contributed by atoms with Crippen LogP contribution >= 0.6 is 0 Å². The number of carbonyl (C=O) groups excluding carboxylic acids is 1. The summed E-state index contributed by atoms with van der Waals surface area (Å²) in [7, 11) is 0. The molecule has 174 valence electrons. The quantitative estimate of drug-likeness (QED) is 0.405. The third-order valence-electron chi connectivity index (χ3n) is 5.99. The zero-order chi connectivity index (χ0) is 24.5. The molecule has 0 unspecified atom stereocenters. The van der Waals surface area contributed by atoms with E-state index in [9.17, 15) is 9.59 Å². The number of fused-ring (bicyclic) bond motifs is 2. The van der Waals surface area contributed by atoms with Crippen molar-refractivity contribution in [2.24, 2.45) is 0 Å². The zero-order valence-corrected chi connectivity index (χ0v) is 19.1. The van der Waals surface area contributed by atoms with Crippen molar-refractivity contribution in [3.05, 3.63) is 125 Å². The van der Waals surface area contributed by atoms with Gasteiger partial charge in [-0.25, -0.2) is 19.3 Å². The van der Waals surface area contributed by atoms with Gasteiger partial charge in [-0.1, -0.05) is 72.8 Å². The molecule has 8 heteroatoms. The topological polar surface area (TPSA) is 94.7 Å². The van der Waals surface area contributed by atoms with Gasteiger partial charge in [0.2, 0.25) is 0 Å². The van der Waals surface area contributed by atoms with E-state index in [-0.39, 0.29) is 5.56 Å². The highest BCUT2D eigenvalue weighted by molar-refractivity contribution is 6.10. The summed E-state index contributed by atoms with van der Waals surface area (Å²) in [5.41, 5.74) is 6.39. The van der Waals surface area contributed by atoms with Crippen molar-refractivity contribution in [1.29, 1.82) is 0 Å². The lowest BCUT2D eigenvalue weighted by molar-refractivity contribution is 0.101. The van der Waals surface area contributed by atoms with Gasteiger partial charge in [0.1, 0.15) is 6.33 Å². The van der Waals surface area contributed by atoms with Crippen LogP contribution in [0.1, 0.15) is 15.9 Å². The van der Waals surface area contributed by atoms with Gasteiger partial charge in [-0.3, -0.25) is 15.0 Å². The molecule has 0 atom stereocenters. The van der Waals surface area contributed by atoms with E-state index in [0.29, 0.717) is 39.7 Å². The largest absolute Gasteiger partial charge is 0.280 e. The minimum absolute atomic E-state index is 0.359. The molecule has 0 saturated heterocycles. The lowest BCUT2D eigenvalue weighted by Gasteiger charge is -2.11. The third-order valence-corrected chi connectivity index (χ3v) is 5.99. The highest BCUT2D eigenvalue weighted by Crippen LogP contribution is 2.25. The van der Waals surface area contributed by atoms with Crippen LogP contribution in [0, 0.1) is 0 Å². The van der Waals surface area contributed by atoms with Crippen LogP contribution in [0.4, 0.5) is 0 Å². The molecule has 0 radical (unpaired) electrons. The highest BCUT2D eigenvalue weighted by atomic mass is 16.2. The van der Waals surface area contributed by atoms with Crippen LogP contribution in [0.15, 0.2) is 108 Å². The Labute approximate surface area is 205 Å². The molecular weight excluding hydrogens is 452 g/mol. The van der Waals surface area contributed by atoms with E-state index in [0.717, 1.165) is 15.8 Å². The van der Waals surface area contributed by atoms with Crippen LogP contribution in [0.5, 0.6) is 0 Å². The molecule has 1 amide bonds. The monoisotopic (exact) mass is 472 g/mol. The Balaban J connectivity index is 1.46. The summed E-state index contributed by atoms with van der Waals surface area (Å²) in [4.78, 5) is 35.6. The Kier molecular flexibility index (Phi) is 5.31. The van der Waals surface area contributed by atoms with E-state index in [2.05, 4.69) is 15.5 Å². The molecule has 3 aromatic heterocycles. The third kappa shape index (κ3) is 3.90. The van der Waals surface area contributed by atoms with Crippen LogP contribution < -0.4 is 11.0 Å². The molecule has 1 N–H and O–H groups in total. The van der Waals surface area contributed by atoms with Gasteiger partial charge in [-0.15, -0.1) is 0 Å². The molecule has 3 heterocycles. The number of hydrogen-bond acceptors (Lipinski definition) is 5. The number of amides is 1. The van der Waals surface area contributed by atoms with E-state index >= 15 is 0 Å². The second-order valence-corrected chi connectivity index (χ2v) is 8.32. The summed E-state index contributed by atoms with van der Waals surface area (Å²) >= 11 is 0. The van der Waals surface area contributed by atoms with Crippen molar-refractivity contribution in [2.45, 2.75) is 6.54 Å². The fraction of sp³-hybridized carbons (Fsp3) is 0.0357. The number of carbonyl (C=O) groups is 1. The Morgan fingerprint density at radius 1 is 0.861 bits per heavy atom.